The van der Waals surface area contributed by atoms with Crippen molar-refractivity contribution in [1.29, 1.82) is 0 Å². The lowest BCUT2D eigenvalue weighted by Gasteiger charge is -2.33. The summed E-state index contributed by atoms with van der Waals surface area (Å²) in [5.74, 6) is 6.36. The van der Waals surface area contributed by atoms with E-state index in [9.17, 15) is 19.5 Å². The van der Waals surface area contributed by atoms with Gasteiger partial charge in [-0.25, -0.2) is 29.9 Å². The minimum Gasteiger partial charge on any atom is -0.493 e. The fraction of sp³-hybridized carbons (Fsp3) is 0.435. The number of rotatable bonds is 18. The van der Waals surface area contributed by atoms with Gasteiger partial charge in [-0.3, -0.25) is 14.4 Å². The molecule has 6 aromatic heterocycles. The van der Waals surface area contributed by atoms with Crippen molar-refractivity contribution in [2.45, 2.75) is 127 Å². The van der Waals surface area contributed by atoms with Gasteiger partial charge in [-0.15, -0.1) is 0 Å². The number of ether oxygens (including phenoxy) is 5. The van der Waals surface area contributed by atoms with Crippen LogP contribution in [-0.4, -0.2) is 172 Å². The Morgan fingerprint density at radius 2 is 0.900 bits per heavy atom. The SMILES string of the molecule is C[C@@H](O)C(=O)N1CCC(CCn2c(Sc3cc4c(cc3Br)OCCO4)nc3c(N)nccc32)CC1.Nc1nccc2c1nc(Sc1cc3c(cc1Br)CCO3)n2CCC1CCN(C=O)CC1.Nc1nccc2c1nc(Sc1cc3c(cc1Br)OCCO3)n2CCC1CCN(C(=O)CO)CC1. The third kappa shape index (κ3) is 16.3. The number of hydrogen-bond acceptors (Lipinski definition) is 22. The number of carbonyl (C=O) groups excluding carboxylic acids is 3. The summed E-state index contributed by atoms with van der Waals surface area (Å²) in [5, 5.41) is 21.3. The number of amides is 3. The van der Waals surface area contributed by atoms with Gasteiger partial charge < -0.3 is 79.5 Å². The maximum atomic E-state index is 12.1. The molecular weight excluding hydrogens is 1530 g/mol. The number of halogens is 3. The Morgan fingerprint density at radius 3 is 1.29 bits per heavy atom. The van der Waals surface area contributed by atoms with Gasteiger partial charge in [0, 0.05) is 112 Å². The van der Waals surface area contributed by atoms with Crippen molar-refractivity contribution in [2.75, 3.05) is 96.1 Å². The van der Waals surface area contributed by atoms with E-state index in [1.807, 2.05) is 47.4 Å². The molecule has 1 atom stereocenters. The number of nitrogens with zero attached hydrogens (tertiary/aromatic N) is 12. The molecule has 6 aliphatic rings. The number of nitrogen functional groups attached to an aromatic ring is 3. The second kappa shape index (κ2) is 32.4. The largest absolute Gasteiger partial charge is 0.493 e. The molecule has 12 heterocycles. The van der Waals surface area contributed by atoms with Gasteiger partial charge in [0.25, 0.3) is 5.91 Å². The summed E-state index contributed by atoms with van der Waals surface area (Å²) in [6, 6.07) is 17.9. The van der Waals surface area contributed by atoms with E-state index in [0.717, 1.165) is 204 Å². The number of aryl methyl sites for hydroxylation is 3. The van der Waals surface area contributed by atoms with Gasteiger partial charge in [-0.2, -0.15) is 0 Å². The van der Waals surface area contributed by atoms with Crippen LogP contribution in [0.15, 0.2) is 117 Å². The summed E-state index contributed by atoms with van der Waals surface area (Å²) in [6.07, 6.45) is 14.9. The first-order valence-corrected chi connectivity index (χ1v) is 38.4. The number of imidazole rings is 3. The van der Waals surface area contributed by atoms with Gasteiger partial charge in [-0.1, -0.05) is 35.3 Å². The topological polar surface area (TPSA) is 318 Å². The molecule has 25 nitrogen and oxygen atoms in total. The highest BCUT2D eigenvalue weighted by atomic mass is 79.9. The molecule has 3 amide bonds. The summed E-state index contributed by atoms with van der Waals surface area (Å²) in [5.41, 5.74) is 24.7. The fourth-order valence-corrected chi connectivity index (χ4v) is 18.0. The molecule has 15 rings (SSSR count). The van der Waals surface area contributed by atoms with E-state index in [-0.39, 0.29) is 11.8 Å². The van der Waals surface area contributed by atoms with Gasteiger partial charge in [0.2, 0.25) is 12.3 Å². The highest BCUT2D eigenvalue weighted by Crippen LogP contribution is 2.46. The molecule has 9 aromatic rings. The molecule has 31 heteroatoms. The number of aliphatic hydroxyl groups is 2. The second-order valence-electron chi connectivity index (χ2n) is 25.4. The number of nitrogens with two attached hydrogens (primary N) is 3. The Bertz CT molecular complexity index is 4460. The van der Waals surface area contributed by atoms with Gasteiger partial charge in [-0.05, 0) is 190 Å². The van der Waals surface area contributed by atoms with Crippen LogP contribution in [0.2, 0.25) is 0 Å². The number of piperidine rings is 3. The van der Waals surface area contributed by atoms with Crippen LogP contribution in [0.25, 0.3) is 33.1 Å². The fourth-order valence-electron chi connectivity index (χ4n) is 13.4. The number of benzene rings is 3. The predicted octanol–water partition coefficient (Wildman–Crippen LogP) is 11.1. The monoisotopic (exact) mass is 1610 g/mol. The van der Waals surface area contributed by atoms with E-state index < -0.39 is 12.7 Å². The predicted molar refractivity (Wildman–Crippen MR) is 393 cm³/mol. The summed E-state index contributed by atoms with van der Waals surface area (Å²) in [4.78, 5) is 70.4. The van der Waals surface area contributed by atoms with Crippen molar-refractivity contribution >= 4 is 152 Å². The molecule has 0 saturated carbocycles. The Hall–Kier alpha value is -7.26. The van der Waals surface area contributed by atoms with Crippen LogP contribution in [0.4, 0.5) is 17.5 Å². The molecule has 3 aromatic carbocycles. The molecule has 0 aliphatic carbocycles. The van der Waals surface area contributed by atoms with Gasteiger partial charge in [0.05, 0.1) is 23.2 Å². The van der Waals surface area contributed by atoms with E-state index in [0.29, 0.717) is 98.8 Å². The Morgan fingerprint density at radius 1 is 0.540 bits per heavy atom. The van der Waals surface area contributed by atoms with Gasteiger partial charge in [0.15, 0.2) is 55.9 Å². The quantitative estimate of drug-likeness (QED) is 0.0498. The Kier molecular flexibility index (Phi) is 23.0. The molecule has 3 fully saturated rings. The van der Waals surface area contributed by atoms with Crippen LogP contribution in [0.1, 0.15) is 70.3 Å². The number of aliphatic hydroxyl groups excluding tert-OH is 2. The molecule has 100 heavy (non-hydrogen) atoms. The van der Waals surface area contributed by atoms with Gasteiger partial charge >= 0.3 is 0 Å². The zero-order valence-electron chi connectivity index (χ0n) is 55.1. The molecule has 8 N–H and O–H groups in total. The van der Waals surface area contributed by atoms with E-state index in [1.165, 1.54) is 12.5 Å². The number of anilines is 3. The van der Waals surface area contributed by atoms with Crippen molar-refractivity contribution in [3.63, 3.8) is 0 Å². The minimum absolute atomic E-state index is 0.185. The maximum Gasteiger partial charge on any atom is 0.251 e. The molecule has 528 valence electrons. The average Bonchev–Trinajstić information content (AvgIpc) is 1.62. The van der Waals surface area contributed by atoms with Crippen molar-refractivity contribution in [3.8, 4) is 28.7 Å². The van der Waals surface area contributed by atoms with Gasteiger partial charge in [0.1, 0.15) is 61.4 Å². The first kappa shape index (κ1) is 71.1. The number of fused-ring (bicyclic) bond motifs is 6. The third-order valence-corrected chi connectivity index (χ3v) is 24.9. The van der Waals surface area contributed by atoms with Crippen LogP contribution in [0.3, 0.4) is 0 Å². The minimum atomic E-state index is -0.942. The number of aromatic nitrogens is 9. The van der Waals surface area contributed by atoms with E-state index >= 15 is 0 Å². The average molecular weight is 1610 g/mol. The lowest BCUT2D eigenvalue weighted by molar-refractivity contribution is -0.140. The van der Waals surface area contributed by atoms with Crippen LogP contribution in [0, 0.1) is 17.8 Å². The smallest absolute Gasteiger partial charge is 0.251 e. The second-order valence-corrected chi connectivity index (χ2v) is 30.9. The van der Waals surface area contributed by atoms with E-state index in [2.05, 4.69) is 88.6 Å². The highest BCUT2D eigenvalue weighted by molar-refractivity contribution is 9.11. The molecule has 6 aliphatic heterocycles. The molecule has 0 radical (unpaired) electrons. The zero-order chi connectivity index (χ0) is 69.6. The first-order chi connectivity index (χ1) is 48.5. The molecule has 3 saturated heterocycles. The lowest BCUT2D eigenvalue weighted by Crippen LogP contribution is -2.43. The summed E-state index contributed by atoms with van der Waals surface area (Å²) in [7, 11) is 0. The summed E-state index contributed by atoms with van der Waals surface area (Å²) < 4.78 is 38.2. The molecule has 0 spiro atoms. The van der Waals surface area contributed by atoms with Crippen LogP contribution in [-0.2, 0) is 40.4 Å². The normalized spacial score (nSPS) is 16.6. The van der Waals surface area contributed by atoms with E-state index in [4.69, 9.17) is 60.9 Å². The standard InChI is InChI=1S/C24H28BrN5O4S.C23H26BrN5O4S.C22H24BrN5O2S/c1-14(31)23(32)29-7-3-15(4-8-29)5-9-30-17-2-6-27-22(26)21(17)28-24(30)35-20-13-19-18(12-16(20)25)33-10-11-34-19;24-15-11-17-18(33-10-9-32-17)12-19(15)34-23-27-21-16(1-5-26-22(21)25)29(23)8-4-14-2-6-28(7-3-14)20(31)13-30;23-16-11-15-5-10-30-18(15)12-19(16)31-22-26-20-17(1-6-25-21(20)24)28(22)9-4-14-2-7-27(13-29)8-3-14/h2,6,12-15,31H,3-5,7-11H2,1H3,(H2,26,27);1,5,11-12,14,30H,2-4,6-10,13H2,(H2,25,26);1,6,11-14H,2-5,7-10H2,(H2,24,25)/t14-;;/m1../s1. The van der Waals surface area contributed by atoms with Crippen LogP contribution in [0.5, 0.6) is 28.7 Å². The molecule has 0 unspecified atom stereocenters. The summed E-state index contributed by atoms with van der Waals surface area (Å²) >= 11 is 15.8. The highest BCUT2D eigenvalue weighted by Gasteiger charge is 2.29. The van der Waals surface area contributed by atoms with E-state index in [1.54, 1.807) is 63.7 Å². The number of likely N-dealkylation sites (tertiary alicyclic amines) is 3. The third-order valence-electron chi connectivity index (χ3n) is 19.0. The van der Waals surface area contributed by atoms with Crippen molar-refractivity contribution < 1.29 is 48.3 Å². The van der Waals surface area contributed by atoms with Crippen molar-refractivity contribution in [3.05, 3.63) is 92.2 Å². The maximum absolute atomic E-state index is 12.1. The molecule has 0 bridgehead atoms. The van der Waals surface area contributed by atoms with Crippen molar-refractivity contribution in [1.82, 2.24) is 58.3 Å². The first-order valence-electron chi connectivity index (χ1n) is 33.6. The number of carbonyl (C=O) groups is 3. The van der Waals surface area contributed by atoms with Crippen molar-refractivity contribution in [2.24, 2.45) is 17.8 Å². The van der Waals surface area contributed by atoms with Crippen LogP contribution >= 0.6 is 83.1 Å². The number of hydrogen-bond donors (Lipinski definition) is 5. The Balaban J connectivity index is 0.000000135. The number of pyridine rings is 3. The van der Waals surface area contributed by atoms with Crippen LogP contribution < -0.4 is 40.9 Å². The lowest BCUT2D eigenvalue weighted by atomic mass is 9.93. The zero-order valence-corrected chi connectivity index (χ0v) is 62.3. The Labute approximate surface area is 615 Å². The summed E-state index contributed by atoms with van der Waals surface area (Å²) in [6.45, 7) is 10.8. The molecular formula is C69H78Br3N15O10S3.